The molecule has 0 saturated carbocycles. The molecule has 5 heteroatoms. The van der Waals surface area contributed by atoms with Gasteiger partial charge in [-0.05, 0) is 11.6 Å². The number of para-hydroxylation sites is 1. The van der Waals surface area contributed by atoms with Crippen LogP contribution in [0.4, 0.5) is 0 Å². The van der Waals surface area contributed by atoms with E-state index < -0.39 is 6.10 Å². The Kier molecular flexibility index (Phi) is 4.04. The normalized spacial score (nSPS) is 16.4. The third kappa shape index (κ3) is 3.05. The van der Waals surface area contributed by atoms with Gasteiger partial charge in [-0.3, -0.25) is 9.59 Å². The molecular formula is C14H17NO4. The number of hydrogen-bond acceptors (Lipinski definition) is 4. The van der Waals surface area contributed by atoms with Crippen molar-refractivity contribution in [1.82, 2.24) is 4.90 Å². The summed E-state index contributed by atoms with van der Waals surface area (Å²) in [5, 5.41) is 0. The van der Waals surface area contributed by atoms with Crippen LogP contribution < -0.4 is 4.74 Å². The maximum absolute atomic E-state index is 12.2. The second-order valence-electron chi connectivity index (χ2n) is 4.50. The molecule has 0 N–H and O–H groups in total. The first-order valence-electron chi connectivity index (χ1n) is 6.18. The highest BCUT2D eigenvalue weighted by Gasteiger charge is 2.30. The Morgan fingerprint density at radius 1 is 1.42 bits per heavy atom. The van der Waals surface area contributed by atoms with Crippen molar-refractivity contribution < 1.29 is 19.1 Å². The summed E-state index contributed by atoms with van der Waals surface area (Å²) < 4.78 is 10.2. The molecule has 5 nitrogen and oxygen atoms in total. The number of amides is 1. The van der Waals surface area contributed by atoms with Crippen molar-refractivity contribution in [2.24, 2.45) is 0 Å². The van der Waals surface area contributed by atoms with E-state index in [2.05, 4.69) is 4.74 Å². The molecule has 1 amide bonds. The number of benzene rings is 1. The number of ether oxygens (including phenoxy) is 2. The molecule has 102 valence electrons. The summed E-state index contributed by atoms with van der Waals surface area (Å²) in [4.78, 5) is 24.7. The molecule has 0 spiro atoms. The van der Waals surface area contributed by atoms with Crippen molar-refractivity contribution in [2.75, 3.05) is 20.7 Å². The van der Waals surface area contributed by atoms with Gasteiger partial charge in [-0.15, -0.1) is 0 Å². The number of hydrogen-bond donors (Lipinski definition) is 0. The van der Waals surface area contributed by atoms with Gasteiger partial charge in [0.05, 0.1) is 13.5 Å². The van der Waals surface area contributed by atoms with Gasteiger partial charge in [0.1, 0.15) is 5.75 Å². The Balaban J connectivity index is 1.90. The van der Waals surface area contributed by atoms with E-state index in [1.807, 2.05) is 24.3 Å². The Hall–Kier alpha value is -2.04. The Bertz CT molecular complexity index is 461. The van der Waals surface area contributed by atoms with E-state index in [4.69, 9.17) is 4.74 Å². The molecule has 0 aliphatic carbocycles. The summed E-state index contributed by atoms with van der Waals surface area (Å²) in [5.74, 6) is 0.331. The molecule has 0 aromatic heterocycles. The van der Waals surface area contributed by atoms with Crippen molar-refractivity contribution in [3.63, 3.8) is 0 Å². The molecule has 0 fully saturated rings. The third-order valence-electron chi connectivity index (χ3n) is 3.18. The van der Waals surface area contributed by atoms with Crippen LogP contribution in [0.3, 0.4) is 0 Å². The standard InChI is InChI=1S/C14H17NO4/c1-15(8-7-13(16)18-2)14(17)12-9-10-5-3-4-6-11(10)19-12/h3-6,12H,7-9H2,1-2H3. The highest BCUT2D eigenvalue weighted by Crippen LogP contribution is 2.28. The van der Waals surface area contributed by atoms with Gasteiger partial charge >= 0.3 is 5.97 Å². The van der Waals surface area contributed by atoms with Crippen molar-refractivity contribution in [3.05, 3.63) is 29.8 Å². The molecule has 1 unspecified atom stereocenters. The second-order valence-corrected chi connectivity index (χ2v) is 4.50. The summed E-state index contributed by atoms with van der Waals surface area (Å²) in [6.45, 7) is 0.335. The lowest BCUT2D eigenvalue weighted by molar-refractivity contribution is -0.142. The van der Waals surface area contributed by atoms with Gasteiger partial charge in [-0.2, -0.15) is 0 Å². The first-order valence-corrected chi connectivity index (χ1v) is 6.18. The predicted octanol–water partition coefficient (Wildman–Crippen LogP) is 1.01. The molecule has 1 aromatic rings. The van der Waals surface area contributed by atoms with E-state index in [0.717, 1.165) is 11.3 Å². The second kappa shape index (κ2) is 5.73. The van der Waals surface area contributed by atoms with Gasteiger partial charge in [0.2, 0.25) is 0 Å². The molecule has 2 rings (SSSR count). The number of esters is 1. The Morgan fingerprint density at radius 3 is 2.84 bits per heavy atom. The fourth-order valence-corrected chi connectivity index (χ4v) is 2.04. The number of fused-ring (bicyclic) bond motifs is 1. The van der Waals surface area contributed by atoms with Crippen molar-refractivity contribution in [3.8, 4) is 5.75 Å². The van der Waals surface area contributed by atoms with Crippen LogP contribution in [0.5, 0.6) is 5.75 Å². The summed E-state index contributed by atoms with van der Waals surface area (Å²) in [7, 11) is 3.00. The maximum atomic E-state index is 12.2. The van der Waals surface area contributed by atoms with Crippen LogP contribution in [-0.4, -0.2) is 43.6 Å². The van der Waals surface area contributed by atoms with Gasteiger partial charge in [0.15, 0.2) is 6.10 Å². The summed E-state index contributed by atoms with van der Waals surface area (Å²) >= 11 is 0. The fraction of sp³-hybridized carbons (Fsp3) is 0.429. The largest absolute Gasteiger partial charge is 0.480 e. The van der Waals surface area contributed by atoms with Crippen molar-refractivity contribution >= 4 is 11.9 Å². The van der Waals surface area contributed by atoms with Crippen LogP contribution in [0.1, 0.15) is 12.0 Å². The topological polar surface area (TPSA) is 55.8 Å². The van der Waals surface area contributed by atoms with Crippen molar-refractivity contribution in [1.29, 1.82) is 0 Å². The number of carbonyl (C=O) groups excluding carboxylic acids is 2. The van der Waals surface area contributed by atoms with Crippen LogP contribution >= 0.6 is 0 Å². The van der Waals surface area contributed by atoms with E-state index >= 15 is 0 Å². The lowest BCUT2D eigenvalue weighted by Gasteiger charge is -2.20. The minimum atomic E-state index is -0.486. The van der Waals surface area contributed by atoms with E-state index in [1.54, 1.807) is 7.05 Å². The first kappa shape index (κ1) is 13.4. The first-order chi connectivity index (χ1) is 9.11. The summed E-state index contributed by atoms with van der Waals surface area (Å²) in [6.07, 6.45) is 0.288. The minimum Gasteiger partial charge on any atom is -0.480 e. The van der Waals surface area contributed by atoms with Gasteiger partial charge < -0.3 is 14.4 Å². The van der Waals surface area contributed by atoms with Crippen LogP contribution in [0, 0.1) is 0 Å². The van der Waals surface area contributed by atoms with E-state index in [-0.39, 0.29) is 18.3 Å². The smallest absolute Gasteiger partial charge is 0.307 e. The third-order valence-corrected chi connectivity index (χ3v) is 3.18. The Labute approximate surface area is 112 Å². The molecule has 1 aromatic carbocycles. The monoisotopic (exact) mass is 263 g/mol. The number of nitrogens with zero attached hydrogens (tertiary/aromatic N) is 1. The molecular weight excluding hydrogens is 246 g/mol. The van der Waals surface area contributed by atoms with Gasteiger partial charge in [-0.25, -0.2) is 0 Å². The zero-order valence-electron chi connectivity index (χ0n) is 11.1. The molecule has 1 aliphatic rings. The fourth-order valence-electron chi connectivity index (χ4n) is 2.04. The van der Waals surface area contributed by atoms with Crippen LogP contribution in [0.2, 0.25) is 0 Å². The SMILES string of the molecule is COC(=O)CCN(C)C(=O)C1Cc2ccccc2O1. The lowest BCUT2D eigenvalue weighted by atomic mass is 10.1. The van der Waals surface area contributed by atoms with Gasteiger partial charge in [0, 0.05) is 20.0 Å². The number of rotatable bonds is 4. The van der Waals surface area contributed by atoms with Gasteiger partial charge in [0.25, 0.3) is 5.91 Å². The average Bonchev–Trinajstić information content (AvgIpc) is 2.87. The van der Waals surface area contributed by atoms with Crippen LogP contribution in [0.25, 0.3) is 0 Å². The average molecular weight is 263 g/mol. The van der Waals surface area contributed by atoms with E-state index in [1.165, 1.54) is 12.0 Å². The number of methoxy groups -OCH3 is 1. The zero-order chi connectivity index (χ0) is 13.8. The van der Waals surface area contributed by atoms with Crippen LogP contribution in [-0.2, 0) is 20.7 Å². The molecule has 0 bridgehead atoms. The predicted molar refractivity (Wildman–Crippen MR) is 68.8 cm³/mol. The zero-order valence-corrected chi connectivity index (χ0v) is 11.1. The molecule has 1 atom stereocenters. The highest BCUT2D eigenvalue weighted by atomic mass is 16.5. The number of carbonyl (C=O) groups is 2. The summed E-state index contributed by atoms with van der Waals surface area (Å²) in [6, 6.07) is 7.62. The summed E-state index contributed by atoms with van der Waals surface area (Å²) in [5.41, 5.74) is 1.04. The molecule has 1 aliphatic heterocycles. The molecule has 0 saturated heterocycles. The molecule has 0 radical (unpaired) electrons. The molecule has 19 heavy (non-hydrogen) atoms. The minimum absolute atomic E-state index is 0.111. The highest BCUT2D eigenvalue weighted by molar-refractivity contribution is 5.83. The maximum Gasteiger partial charge on any atom is 0.307 e. The van der Waals surface area contributed by atoms with E-state index in [9.17, 15) is 9.59 Å². The quantitative estimate of drug-likeness (QED) is 0.761. The van der Waals surface area contributed by atoms with Crippen LogP contribution in [0.15, 0.2) is 24.3 Å². The number of likely N-dealkylation sites (N-methyl/N-ethyl adjacent to an activating group) is 1. The lowest BCUT2D eigenvalue weighted by Crippen LogP contribution is -2.40. The molecule has 1 heterocycles. The van der Waals surface area contributed by atoms with Gasteiger partial charge in [-0.1, -0.05) is 18.2 Å². The Morgan fingerprint density at radius 2 is 2.16 bits per heavy atom. The van der Waals surface area contributed by atoms with E-state index in [0.29, 0.717) is 13.0 Å². The van der Waals surface area contributed by atoms with Crippen molar-refractivity contribution in [2.45, 2.75) is 18.9 Å².